The van der Waals surface area contributed by atoms with Gasteiger partial charge in [0.25, 0.3) is 0 Å². The summed E-state index contributed by atoms with van der Waals surface area (Å²) >= 11 is 0. The average molecular weight is 134 g/mol. The zero-order valence-corrected chi connectivity index (χ0v) is 5.27. The Kier molecular flexibility index (Phi) is 2.31. The second-order valence-electron chi connectivity index (χ2n) is 1.60. The van der Waals surface area contributed by atoms with E-state index in [1.807, 2.05) is 6.07 Å². The standard InChI is InChI=1S/C7H6N2O/c10-6-5-9-7-3-1-2-4-8-7/h1-6H/b9-5+. The lowest BCUT2D eigenvalue weighted by molar-refractivity contribution is -0.102. The number of aliphatic imine (C=N–C) groups is 1. The summed E-state index contributed by atoms with van der Waals surface area (Å²) < 4.78 is 0. The molecule has 0 aliphatic heterocycles. The summed E-state index contributed by atoms with van der Waals surface area (Å²) in [4.78, 5) is 17.4. The highest BCUT2D eigenvalue weighted by atomic mass is 16.1. The predicted molar refractivity (Wildman–Crippen MR) is 38.5 cm³/mol. The van der Waals surface area contributed by atoms with E-state index in [2.05, 4.69) is 9.98 Å². The van der Waals surface area contributed by atoms with Crippen LogP contribution in [0.1, 0.15) is 0 Å². The number of hydrogen-bond acceptors (Lipinski definition) is 3. The van der Waals surface area contributed by atoms with Crippen LogP contribution < -0.4 is 0 Å². The van der Waals surface area contributed by atoms with Gasteiger partial charge in [-0.15, -0.1) is 0 Å². The van der Waals surface area contributed by atoms with E-state index >= 15 is 0 Å². The minimum atomic E-state index is 0.551. The molecule has 0 saturated carbocycles. The van der Waals surface area contributed by atoms with Crippen LogP contribution in [0.5, 0.6) is 0 Å². The van der Waals surface area contributed by atoms with E-state index in [4.69, 9.17) is 0 Å². The van der Waals surface area contributed by atoms with Crippen molar-refractivity contribution >= 4 is 18.3 Å². The van der Waals surface area contributed by atoms with Gasteiger partial charge in [0.1, 0.15) is 0 Å². The molecule has 0 spiro atoms. The summed E-state index contributed by atoms with van der Waals surface area (Å²) in [5.74, 6) is 0.551. The van der Waals surface area contributed by atoms with Crippen LogP contribution in [0.2, 0.25) is 0 Å². The second-order valence-corrected chi connectivity index (χ2v) is 1.60. The van der Waals surface area contributed by atoms with Crippen molar-refractivity contribution in [1.29, 1.82) is 0 Å². The van der Waals surface area contributed by atoms with Crippen molar-refractivity contribution in [1.82, 2.24) is 4.98 Å². The van der Waals surface area contributed by atoms with Gasteiger partial charge in [-0.2, -0.15) is 0 Å². The third-order valence-corrected chi connectivity index (χ3v) is 0.917. The Morgan fingerprint density at radius 3 is 3.00 bits per heavy atom. The van der Waals surface area contributed by atoms with Crippen molar-refractivity contribution in [3.63, 3.8) is 0 Å². The van der Waals surface area contributed by atoms with Crippen molar-refractivity contribution in [2.75, 3.05) is 0 Å². The third kappa shape index (κ3) is 1.78. The number of aldehydes is 1. The summed E-state index contributed by atoms with van der Waals surface area (Å²) in [7, 11) is 0. The summed E-state index contributed by atoms with van der Waals surface area (Å²) in [6.45, 7) is 0. The zero-order valence-electron chi connectivity index (χ0n) is 5.27. The Balaban J connectivity index is 2.76. The molecule has 10 heavy (non-hydrogen) atoms. The lowest BCUT2D eigenvalue weighted by atomic mass is 10.5. The van der Waals surface area contributed by atoms with Gasteiger partial charge in [0.15, 0.2) is 12.1 Å². The smallest absolute Gasteiger partial charge is 0.161 e. The monoisotopic (exact) mass is 134 g/mol. The molecule has 0 bridgehead atoms. The topological polar surface area (TPSA) is 42.3 Å². The lowest BCUT2D eigenvalue weighted by Gasteiger charge is -1.85. The number of carbonyl (C=O) groups excluding carboxylic acids is 1. The van der Waals surface area contributed by atoms with Crippen molar-refractivity contribution < 1.29 is 4.79 Å². The fourth-order valence-electron chi connectivity index (χ4n) is 0.537. The summed E-state index contributed by atoms with van der Waals surface area (Å²) in [5, 5.41) is 0. The first kappa shape index (κ1) is 6.61. The number of hydrogen-bond donors (Lipinski definition) is 0. The molecular formula is C7H6N2O. The summed E-state index contributed by atoms with van der Waals surface area (Å²) in [6, 6.07) is 5.32. The van der Waals surface area contributed by atoms with Gasteiger partial charge in [0.05, 0.1) is 6.21 Å². The van der Waals surface area contributed by atoms with E-state index in [1.165, 1.54) is 6.21 Å². The fraction of sp³-hybridized carbons (Fsp3) is 0. The van der Waals surface area contributed by atoms with E-state index in [0.717, 1.165) is 0 Å². The Morgan fingerprint density at radius 2 is 2.40 bits per heavy atom. The fourth-order valence-corrected chi connectivity index (χ4v) is 0.537. The number of aromatic nitrogens is 1. The SMILES string of the molecule is O=C/C=N/c1ccccn1. The quantitative estimate of drug-likeness (QED) is 0.447. The second kappa shape index (κ2) is 3.50. The summed E-state index contributed by atoms with van der Waals surface area (Å²) in [5.41, 5.74) is 0. The van der Waals surface area contributed by atoms with Gasteiger partial charge in [-0.25, -0.2) is 9.98 Å². The van der Waals surface area contributed by atoms with Gasteiger partial charge in [0.2, 0.25) is 0 Å². The number of pyridine rings is 1. The van der Waals surface area contributed by atoms with Crippen LogP contribution in [0.3, 0.4) is 0 Å². The number of carbonyl (C=O) groups is 1. The van der Waals surface area contributed by atoms with E-state index in [9.17, 15) is 4.79 Å². The molecule has 1 rings (SSSR count). The Hall–Kier alpha value is -1.51. The molecule has 0 saturated heterocycles. The first-order chi connectivity index (χ1) is 4.93. The van der Waals surface area contributed by atoms with Crippen molar-refractivity contribution in [3.05, 3.63) is 24.4 Å². The van der Waals surface area contributed by atoms with Crippen LogP contribution in [0.15, 0.2) is 29.4 Å². The van der Waals surface area contributed by atoms with Crippen LogP contribution in [0.25, 0.3) is 0 Å². The molecule has 0 aromatic carbocycles. The molecule has 0 unspecified atom stereocenters. The molecule has 1 heterocycles. The lowest BCUT2D eigenvalue weighted by Crippen LogP contribution is -1.74. The maximum absolute atomic E-state index is 9.80. The molecule has 0 radical (unpaired) electrons. The molecule has 50 valence electrons. The maximum atomic E-state index is 9.80. The van der Waals surface area contributed by atoms with E-state index in [1.54, 1.807) is 18.3 Å². The molecule has 0 amide bonds. The highest BCUT2D eigenvalue weighted by Crippen LogP contribution is 2.02. The van der Waals surface area contributed by atoms with Gasteiger partial charge in [-0.05, 0) is 12.1 Å². The molecule has 3 heteroatoms. The van der Waals surface area contributed by atoms with Gasteiger partial charge in [-0.1, -0.05) is 6.07 Å². The molecule has 3 nitrogen and oxygen atoms in total. The van der Waals surface area contributed by atoms with E-state index < -0.39 is 0 Å². The molecule has 0 atom stereocenters. The Labute approximate surface area is 58.4 Å². The van der Waals surface area contributed by atoms with Crippen molar-refractivity contribution in [2.45, 2.75) is 0 Å². The van der Waals surface area contributed by atoms with Crippen LogP contribution >= 0.6 is 0 Å². The molecule has 1 aromatic rings. The number of rotatable bonds is 2. The molecule has 0 aliphatic carbocycles. The third-order valence-electron chi connectivity index (χ3n) is 0.917. The normalized spacial score (nSPS) is 10.0. The zero-order chi connectivity index (χ0) is 7.23. The van der Waals surface area contributed by atoms with Gasteiger partial charge >= 0.3 is 0 Å². The van der Waals surface area contributed by atoms with Gasteiger partial charge < -0.3 is 0 Å². The first-order valence-electron chi connectivity index (χ1n) is 2.82. The predicted octanol–water partition coefficient (Wildman–Crippen LogP) is 0.983. The molecule has 1 aromatic heterocycles. The minimum absolute atomic E-state index is 0.551. The molecule has 0 aliphatic rings. The van der Waals surface area contributed by atoms with E-state index in [-0.39, 0.29) is 0 Å². The largest absolute Gasteiger partial charge is 0.297 e. The minimum Gasteiger partial charge on any atom is -0.297 e. The summed E-state index contributed by atoms with van der Waals surface area (Å²) in [6.07, 6.45) is 3.41. The highest BCUT2D eigenvalue weighted by Gasteiger charge is 1.81. The van der Waals surface area contributed by atoms with Crippen molar-refractivity contribution in [3.8, 4) is 0 Å². The number of nitrogens with zero attached hydrogens (tertiary/aromatic N) is 2. The molecule has 0 N–H and O–H groups in total. The molecular weight excluding hydrogens is 128 g/mol. The maximum Gasteiger partial charge on any atom is 0.161 e. The van der Waals surface area contributed by atoms with Crippen LogP contribution in [-0.2, 0) is 4.79 Å². The Morgan fingerprint density at radius 1 is 1.50 bits per heavy atom. The molecule has 0 fully saturated rings. The average Bonchev–Trinajstić information content (AvgIpc) is 2.03. The van der Waals surface area contributed by atoms with E-state index in [0.29, 0.717) is 12.1 Å². The first-order valence-corrected chi connectivity index (χ1v) is 2.82. The van der Waals surface area contributed by atoms with Gasteiger partial charge in [-0.3, -0.25) is 4.79 Å². The Bertz CT molecular complexity index is 231. The van der Waals surface area contributed by atoms with Crippen molar-refractivity contribution in [2.24, 2.45) is 4.99 Å². The van der Waals surface area contributed by atoms with Gasteiger partial charge in [0, 0.05) is 6.20 Å². The van der Waals surface area contributed by atoms with Crippen LogP contribution in [-0.4, -0.2) is 17.5 Å². The van der Waals surface area contributed by atoms with Crippen LogP contribution in [0.4, 0.5) is 5.82 Å². The van der Waals surface area contributed by atoms with Crippen LogP contribution in [0, 0.1) is 0 Å². The highest BCUT2D eigenvalue weighted by molar-refractivity contribution is 6.13.